The highest BCUT2D eigenvalue weighted by Crippen LogP contribution is 2.41. The van der Waals surface area contributed by atoms with Gasteiger partial charge in [-0.2, -0.15) is 0 Å². The van der Waals surface area contributed by atoms with Crippen molar-refractivity contribution in [3.8, 4) is 0 Å². The zero-order valence-electron chi connectivity index (χ0n) is 10.8. The molecule has 0 radical (unpaired) electrons. The van der Waals surface area contributed by atoms with Crippen LogP contribution in [0.1, 0.15) is 71.6 Å². The van der Waals surface area contributed by atoms with Gasteiger partial charge in [-0.15, -0.1) is 0 Å². The fraction of sp³-hybridized carbons (Fsp3) is 1.00. The Balaban J connectivity index is 2.23. The van der Waals surface area contributed by atoms with Crippen molar-refractivity contribution >= 4 is 0 Å². The molecule has 0 unspecified atom stereocenters. The third-order valence-electron chi connectivity index (χ3n) is 3.97. The van der Waals surface area contributed by atoms with E-state index < -0.39 is 0 Å². The zero-order valence-corrected chi connectivity index (χ0v) is 10.8. The first kappa shape index (κ1) is 13.0. The summed E-state index contributed by atoms with van der Waals surface area (Å²) in [5.41, 5.74) is 0.684. The van der Waals surface area contributed by atoms with Gasteiger partial charge in [0.2, 0.25) is 0 Å². The topological polar surface area (TPSA) is 12.0 Å². The lowest BCUT2D eigenvalue weighted by molar-refractivity contribution is 0.249. The predicted molar refractivity (Wildman–Crippen MR) is 68.2 cm³/mol. The van der Waals surface area contributed by atoms with Crippen molar-refractivity contribution in [3.63, 3.8) is 0 Å². The van der Waals surface area contributed by atoms with Gasteiger partial charge in [0.15, 0.2) is 0 Å². The Bertz CT molecular complexity index is 147. The second-order valence-electron chi connectivity index (χ2n) is 5.30. The molecule has 0 aromatic carbocycles. The lowest BCUT2D eigenvalue weighted by Gasteiger charge is -2.29. The molecule has 0 amide bonds. The van der Waals surface area contributed by atoms with Gasteiger partial charge in [-0.3, -0.25) is 0 Å². The molecule has 1 N–H and O–H groups in total. The molecule has 90 valence electrons. The van der Waals surface area contributed by atoms with Crippen molar-refractivity contribution in [2.24, 2.45) is 5.41 Å². The van der Waals surface area contributed by atoms with Crippen LogP contribution in [-0.4, -0.2) is 13.1 Å². The highest BCUT2D eigenvalue weighted by Gasteiger charge is 2.32. The van der Waals surface area contributed by atoms with E-state index in [4.69, 9.17) is 0 Å². The first-order chi connectivity index (χ1) is 7.33. The number of hydrogen-bond donors (Lipinski definition) is 1. The molecule has 0 spiro atoms. The largest absolute Gasteiger partial charge is 0.316 e. The van der Waals surface area contributed by atoms with E-state index in [1.807, 2.05) is 0 Å². The Morgan fingerprint density at radius 1 is 1.00 bits per heavy atom. The van der Waals surface area contributed by atoms with Gasteiger partial charge in [-0.25, -0.2) is 0 Å². The minimum absolute atomic E-state index is 0.684. The SMILES string of the molecule is CCCCCCC1(CNCC)CCCC1. The maximum absolute atomic E-state index is 3.57. The average molecular weight is 211 g/mol. The second kappa shape index (κ2) is 7.27. The van der Waals surface area contributed by atoms with Crippen LogP contribution in [0.4, 0.5) is 0 Å². The van der Waals surface area contributed by atoms with Crippen LogP contribution in [0.2, 0.25) is 0 Å². The molecule has 0 aliphatic heterocycles. The van der Waals surface area contributed by atoms with Gasteiger partial charge >= 0.3 is 0 Å². The first-order valence-electron chi connectivity index (χ1n) is 7.04. The molecular formula is C14H29N. The van der Waals surface area contributed by atoms with Crippen LogP contribution in [0.5, 0.6) is 0 Å². The van der Waals surface area contributed by atoms with Gasteiger partial charge in [-0.05, 0) is 31.2 Å². The molecule has 0 heterocycles. The summed E-state index contributed by atoms with van der Waals surface area (Å²) in [4.78, 5) is 0. The molecule has 0 bridgehead atoms. The summed E-state index contributed by atoms with van der Waals surface area (Å²) in [5, 5.41) is 3.57. The molecule has 1 nitrogen and oxygen atoms in total. The number of nitrogens with one attached hydrogen (secondary N) is 1. The summed E-state index contributed by atoms with van der Waals surface area (Å²) in [6.07, 6.45) is 13.1. The van der Waals surface area contributed by atoms with Gasteiger partial charge in [0.1, 0.15) is 0 Å². The van der Waals surface area contributed by atoms with Crippen molar-refractivity contribution in [2.75, 3.05) is 13.1 Å². The molecule has 0 aromatic heterocycles. The molecule has 1 saturated carbocycles. The summed E-state index contributed by atoms with van der Waals surface area (Å²) in [5.74, 6) is 0. The molecule has 15 heavy (non-hydrogen) atoms. The van der Waals surface area contributed by atoms with Gasteiger partial charge in [0.25, 0.3) is 0 Å². The Morgan fingerprint density at radius 2 is 1.73 bits per heavy atom. The molecule has 0 saturated heterocycles. The third kappa shape index (κ3) is 4.55. The fourth-order valence-corrected chi connectivity index (χ4v) is 2.96. The summed E-state index contributed by atoms with van der Waals surface area (Å²) >= 11 is 0. The Labute approximate surface area is 96.0 Å². The van der Waals surface area contributed by atoms with E-state index in [1.54, 1.807) is 0 Å². The van der Waals surface area contributed by atoms with E-state index in [0.717, 1.165) is 6.54 Å². The van der Waals surface area contributed by atoms with Crippen molar-refractivity contribution in [2.45, 2.75) is 71.6 Å². The molecule has 1 rings (SSSR count). The lowest BCUT2D eigenvalue weighted by Crippen LogP contribution is -2.32. The standard InChI is InChI=1S/C14H29N/c1-3-5-6-7-10-14(13-15-4-2)11-8-9-12-14/h15H,3-13H2,1-2H3. The van der Waals surface area contributed by atoms with E-state index in [1.165, 1.54) is 64.3 Å². The molecule has 1 fully saturated rings. The molecule has 0 aromatic rings. The van der Waals surface area contributed by atoms with Crippen molar-refractivity contribution < 1.29 is 0 Å². The monoisotopic (exact) mass is 211 g/mol. The Morgan fingerprint density at radius 3 is 2.33 bits per heavy atom. The highest BCUT2D eigenvalue weighted by molar-refractivity contribution is 4.86. The molecule has 1 heteroatoms. The summed E-state index contributed by atoms with van der Waals surface area (Å²) < 4.78 is 0. The summed E-state index contributed by atoms with van der Waals surface area (Å²) in [7, 11) is 0. The van der Waals surface area contributed by atoms with Gasteiger partial charge in [-0.1, -0.05) is 52.4 Å². The minimum Gasteiger partial charge on any atom is -0.316 e. The van der Waals surface area contributed by atoms with Crippen molar-refractivity contribution in [1.29, 1.82) is 0 Å². The van der Waals surface area contributed by atoms with Gasteiger partial charge < -0.3 is 5.32 Å². The van der Waals surface area contributed by atoms with E-state index in [2.05, 4.69) is 19.2 Å². The van der Waals surface area contributed by atoms with E-state index >= 15 is 0 Å². The number of unbranched alkanes of at least 4 members (excludes halogenated alkanes) is 3. The predicted octanol–water partition coefficient (Wildman–Crippen LogP) is 4.13. The highest BCUT2D eigenvalue weighted by atomic mass is 14.9. The maximum atomic E-state index is 3.57. The lowest BCUT2D eigenvalue weighted by atomic mass is 9.80. The van der Waals surface area contributed by atoms with Crippen LogP contribution in [0.25, 0.3) is 0 Å². The Kier molecular flexibility index (Phi) is 6.31. The maximum Gasteiger partial charge on any atom is 0.000769 e. The normalized spacial score (nSPS) is 19.6. The fourth-order valence-electron chi connectivity index (χ4n) is 2.96. The van der Waals surface area contributed by atoms with Crippen LogP contribution in [0.3, 0.4) is 0 Å². The average Bonchev–Trinajstić information content (AvgIpc) is 2.71. The molecule has 0 atom stereocenters. The number of rotatable bonds is 8. The van der Waals surface area contributed by atoms with Crippen LogP contribution in [-0.2, 0) is 0 Å². The van der Waals surface area contributed by atoms with E-state index in [-0.39, 0.29) is 0 Å². The molecule has 1 aliphatic carbocycles. The second-order valence-corrected chi connectivity index (χ2v) is 5.30. The van der Waals surface area contributed by atoms with Crippen LogP contribution < -0.4 is 5.32 Å². The van der Waals surface area contributed by atoms with Crippen molar-refractivity contribution in [3.05, 3.63) is 0 Å². The molecule has 1 aliphatic rings. The van der Waals surface area contributed by atoms with Gasteiger partial charge in [0, 0.05) is 6.54 Å². The van der Waals surface area contributed by atoms with Crippen LogP contribution in [0.15, 0.2) is 0 Å². The number of hydrogen-bond acceptors (Lipinski definition) is 1. The summed E-state index contributed by atoms with van der Waals surface area (Å²) in [6, 6.07) is 0. The van der Waals surface area contributed by atoms with E-state index in [0.29, 0.717) is 5.41 Å². The van der Waals surface area contributed by atoms with Gasteiger partial charge in [0.05, 0.1) is 0 Å². The third-order valence-corrected chi connectivity index (χ3v) is 3.97. The van der Waals surface area contributed by atoms with Crippen LogP contribution >= 0.6 is 0 Å². The summed E-state index contributed by atoms with van der Waals surface area (Å²) in [6.45, 7) is 6.93. The first-order valence-corrected chi connectivity index (χ1v) is 7.04. The zero-order chi connectivity index (χ0) is 11.0. The minimum atomic E-state index is 0.684. The Hall–Kier alpha value is -0.0400. The van der Waals surface area contributed by atoms with Crippen molar-refractivity contribution in [1.82, 2.24) is 5.32 Å². The van der Waals surface area contributed by atoms with Crippen LogP contribution in [0, 0.1) is 5.41 Å². The smallest absolute Gasteiger partial charge is 0.000769 e. The van der Waals surface area contributed by atoms with E-state index in [9.17, 15) is 0 Å². The quantitative estimate of drug-likeness (QED) is 0.595. The molecular weight excluding hydrogens is 182 g/mol.